The van der Waals surface area contributed by atoms with Crippen LogP contribution in [-0.2, 0) is 29.1 Å². The van der Waals surface area contributed by atoms with Gasteiger partial charge in [0.25, 0.3) is 5.91 Å². The van der Waals surface area contributed by atoms with E-state index >= 15 is 0 Å². The van der Waals surface area contributed by atoms with E-state index in [4.69, 9.17) is 14.5 Å². The molecule has 1 saturated heterocycles. The Kier molecular flexibility index (Phi) is 12.6. The number of benzene rings is 1. The van der Waals surface area contributed by atoms with Crippen LogP contribution in [0.1, 0.15) is 65.7 Å². The zero-order valence-electron chi connectivity index (χ0n) is 34.0. The fraction of sp³-hybridized carbons (Fsp3) is 0.625. The molecule has 324 valence electrons. The van der Waals surface area contributed by atoms with Gasteiger partial charge in [0.2, 0.25) is 27.7 Å². The molecule has 4 aliphatic rings. The van der Waals surface area contributed by atoms with Crippen molar-refractivity contribution in [2.24, 2.45) is 23.7 Å². The predicted octanol–water partition coefficient (Wildman–Crippen LogP) is 4.45. The summed E-state index contributed by atoms with van der Waals surface area (Å²) >= 11 is 0. The predicted molar refractivity (Wildman–Crippen MR) is 211 cm³/mol. The van der Waals surface area contributed by atoms with E-state index in [0.29, 0.717) is 56.0 Å². The van der Waals surface area contributed by atoms with Crippen LogP contribution >= 0.6 is 0 Å². The number of nitrogens with zero attached hydrogens (tertiary/aromatic N) is 3. The lowest BCUT2D eigenvalue weighted by Gasteiger charge is -2.32. The SMILES string of the molecule is COc1ccc2c(OC3CC4C(=O)NC5(C(=O)NS(=O)(=O)C6CC6)CC5C=CCCC(C)CC(C)C(CNC(=O)OC(C)C(F)(F)F)C(=O)N4C3)nc(N(C)C)cc2c1. The number of carbonyl (C=O) groups is 4. The van der Waals surface area contributed by atoms with Crippen molar-refractivity contribution in [1.29, 1.82) is 0 Å². The number of methoxy groups -OCH3 is 1. The van der Waals surface area contributed by atoms with Crippen LogP contribution in [0.2, 0.25) is 0 Å². The quantitative estimate of drug-likeness (QED) is 0.287. The first kappa shape index (κ1) is 43.8. The fourth-order valence-electron chi connectivity index (χ4n) is 7.90. The van der Waals surface area contributed by atoms with Crippen LogP contribution in [0.15, 0.2) is 36.4 Å². The van der Waals surface area contributed by atoms with Gasteiger partial charge in [-0.1, -0.05) is 26.0 Å². The van der Waals surface area contributed by atoms with Crippen LogP contribution in [0, 0.1) is 23.7 Å². The molecule has 4 amide bonds. The first-order valence-electron chi connectivity index (χ1n) is 19.9. The molecule has 3 N–H and O–H groups in total. The number of sulfonamides is 1. The van der Waals surface area contributed by atoms with E-state index in [1.165, 1.54) is 4.90 Å². The summed E-state index contributed by atoms with van der Waals surface area (Å²) in [5.74, 6) is -2.66. The smallest absolute Gasteiger partial charge is 0.425 e. The van der Waals surface area contributed by atoms with Gasteiger partial charge in [-0.25, -0.2) is 13.2 Å². The third-order valence-corrected chi connectivity index (χ3v) is 13.5. The molecule has 2 saturated carbocycles. The summed E-state index contributed by atoms with van der Waals surface area (Å²) in [5.41, 5.74) is -1.60. The maximum absolute atomic E-state index is 14.8. The van der Waals surface area contributed by atoms with Gasteiger partial charge < -0.3 is 34.6 Å². The molecule has 0 bridgehead atoms. The number of alkyl carbamates (subject to hydrolysis) is 1. The van der Waals surface area contributed by atoms with Crippen molar-refractivity contribution in [3.63, 3.8) is 0 Å². The van der Waals surface area contributed by atoms with Crippen molar-refractivity contribution in [3.05, 3.63) is 36.4 Å². The van der Waals surface area contributed by atoms with Gasteiger partial charge in [-0.3, -0.25) is 19.1 Å². The van der Waals surface area contributed by atoms with Gasteiger partial charge in [-0.05, 0) is 86.9 Å². The fourth-order valence-corrected chi connectivity index (χ4v) is 9.27. The van der Waals surface area contributed by atoms with Gasteiger partial charge in [0.15, 0.2) is 6.10 Å². The number of rotatable bonds is 10. The Morgan fingerprint density at radius 2 is 1.85 bits per heavy atom. The number of pyridine rings is 1. The number of alkyl halides is 3. The summed E-state index contributed by atoms with van der Waals surface area (Å²) in [6.07, 6.45) is -2.98. The third kappa shape index (κ3) is 9.98. The molecule has 3 fully saturated rings. The van der Waals surface area contributed by atoms with Crippen molar-refractivity contribution in [2.75, 3.05) is 39.2 Å². The highest BCUT2D eigenvalue weighted by Gasteiger charge is 2.62. The number of allylic oxidation sites excluding steroid dienone is 1. The maximum Gasteiger partial charge on any atom is 0.425 e. The minimum absolute atomic E-state index is 0.0513. The summed E-state index contributed by atoms with van der Waals surface area (Å²) in [6, 6.07) is 5.97. The minimum atomic E-state index is -4.80. The van der Waals surface area contributed by atoms with Gasteiger partial charge in [0.05, 0.1) is 24.8 Å². The Bertz CT molecular complexity index is 2080. The largest absolute Gasteiger partial charge is 0.497 e. The second-order valence-corrected chi connectivity index (χ2v) is 18.6. The lowest BCUT2D eigenvalue weighted by molar-refractivity contribution is -0.197. The molecule has 1 aromatic carbocycles. The monoisotopic (exact) mass is 850 g/mol. The molecule has 15 nitrogen and oxygen atoms in total. The van der Waals surface area contributed by atoms with Crippen LogP contribution in [0.25, 0.3) is 10.8 Å². The Balaban J connectivity index is 1.35. The normalized spacial score (nSPS) is 28.3. The van der Waals surface area contributed by atoms with Crippen LogP contribution < -0.4 is 29.7 Å². The van der Waals surface area contributed by atoms with Crippen molar-refractivity contribution >= 4 is 50.4 Å². The Labute approximate surface area is 341 Å². The number of halogens is 3. The number of fused-ring (bicyclic) bond motifs is 3. The first-order valence-corrected chi connectivity index (χ1v) is 21.5. The van der Waals surface area contributed by atoms with E-state index in [-0.39, 0.29) is 31.2 Å². The number of ether oxygens (including phenoxy) is 3. The first-order chi connectivity index (χ1) is 27.7. The van der Waals surface area contributed by atoms with E-state index in [1.54, 1.807) is 24.1 Å². The second kappa shape index (κ2) is 17.0. The average molecular weight is 851 g/mol. The average Bonchev–Trinajstić information content (AvgIpc) is 4.09. The Morgan fingerprint density at radius 3 is 2.51 bits per heavy atom. The van der Waals surface area contributed by atoms with E-state index in [9.17, 15) is 40.8 Å². The molecule has 8 unspecified atom stereocenters. The van der Waals surface area contributed by atoms with Crippen LogP contribution in [-0.4, -0.2) is 112 Å². The summed E-state index contributed by atoms with van der Waals surface area (Å²) in [4.78, 5) is 63.6. The van der Waals surface area contributed by atoms with Gasteiger partial charge in [0, 0.05) is 38.4 Å². The number of aromatic nitrogens is 1. The number of hydrogen-bond donors (Lipinski definition) is 3. The van der Waals surface area contributed by atoms with Crippen molar-refractivity contribution in [3.8, 4) is 11.6 Å². The molecular formula is C40H53F3N6O9S. The number of amides is 4. The molecule has 3 heterocycles. The second-order valence-electron chi connectivity index (χ2n) is 16.6. The number of nitrogens with one attached hydrogen (secondary N) is 3. The van der Waals surface area contributed by atoms with E-state index in [0.717, 1.165) is 5.39 Å². The highest BCUT2D eigenvalue weighted by molar-refractivity contribution is 7.91. The van der Waals surface area contributed by atoms with Crippen molar-refractivity contribution < 1.29 is 55.0 Å². The van der Waals surface area contributed by atoms with Gasteiger partial charge in [-0.15, -0.1) is 0 Å². The highest BCUT2D eigenvalue weighted by Crippen LogP contribution is 2.46. The summed E-state index contributed by atoms with van der Waals surface area (Å²) < 4.78 is 84.2. The molecule has 2 aromatic rings. The van der Waals surface area contributed by atoms with Gasteiger partial charge in [-0.2, -0.15) is 18.2 Å². The summed E-state index contributed by atoms with van der Waals surface area (Å²) in [5, 5.41) is 5.88. The lowest BCUT2D eigenvalue weighted by Crippen LogP contribution is -2.57. The minimum Gasteiger partial charge on any atom is -0.497 e. The molecule has 0 radical (unpaired) electrons. The zero-order chi connectivity index (χ0) is 43.0. The highest BCUT2D eigenvalue weighted by atomic mass is 32.2. The molecule has 59 heavy (non-hydrogen) atoms. The van der Waals surface area contributed by atoms with Crippen molar-refractivity contribution in [2.45, 2.75) is 101 Å². The Hall–Kier alpha value is -4.81. The number of anilines is 1. The van der Waals surface area contributed by atoms with E-state index in [2.05, 4.69) is 20.1 Å². The van der Waals surface area contributed by atoms with E-state index in [1.807, 2.05) is 52.2 Å². The van der Waals surface area contributed by atoms with Gasteiger partial charge in [0.1, 0.15) is 29.3 Å². The maximum atomic E-state index is 14.8. The molecular weight excluding hydrogens is 798 g/mol. The lowest BCUT2D eigenvalue weighted by atomic mass is 9.83. The van der Waals surface area contributed by atoms with E-state index < -0.39 is 93.4 Å². The van der Waals surface area contributed by atoms with Crippen LogP contribution in [0.4, 0.5) is 23.8 Å². The topological polar surface area (TPSA) is 186 Å². The zero-order valence-corrected chi connectivity index (χ0v) is 34.8. The van der Waals surface area contributed by atoms with Crippen molar-refractivity contribution in [1.82, 2.24) is 25.2 Å². The van der Waals surface area contributed by atoms with Crippen LogP contribution in [0.3, 0.4) is 0 Å². The Morgan fingerprint density at radius 1 is 1.12 bits per heavy atom. The third-order valence-electron chi connectivity index (χ3n) is 11.7. The standard InChI is InChI=1S/C40H53F3N6O9S/c1-22-9-7-8-10-26-19-39(26,37(52)47-59(54,55)29-12-13-29)46-34(50)32-18-28(58-35-30-14-11-27(56-6)16-25(30)17-33(45-35)48(4)5)21-49(32)36(51)31(23(2)15-22)20-44-38(53)57-24(3)40(41,42)43/h8,10-11,14,16-17,22-24,26,28-29,31-32H,7,9,12-13,15,18-21H2,1-6H3,(H,44,53)(H,46,50)(H,47,52). The molecule has 0 spiro atoms. The molecule has 2 aliphatic heterocycles. The number of carbonyl (C=O) groups excluding carboxylic acids is 4. The van der Waals surface area contributed by atoms with Crippen LogP contribution in [0.5, 0.6) is 11.6 Å². The number of hydrogen-bond acceptors (Lipinski definition) is 11. The molecule has 2 aliphatic carbocycles. The van der Waals surface area contributed by atoms with Gasteiger partial charge >= 0.3 is 12.3 Å². The summed E-state index contributed by atoms with van der Waals surface area (Å²) in [6.45, 7) is 3.98. The molecule has 19 heteroatoms. The molecule has 6 rings (SSSR count). The summed E-state index contributed by atoms with van der Waals surface area (Å²) in [7, 11) is 1.20. The molecule has 8 atom stereocenters. The molecule has 1 aromatic heterocycles.